The first kappa shape index (κ1) is 29.6. The number of halogens is 2. The number of hydrogen-bond acceptors (Lipinski definition) is 4. The van der Waals surface area contributed by atoms with Crippen molar-refractivity contribution in [1.82, 2.24) is 10.2 Å². The molecule has 7 nitrogen and oxygen atoms in total. The Hall–Kier alpha value is -2.65. The molecule has 0 aliphatic heterocycles. The molecule has 2 atom stereocenters. The van der Waals surface area contributed by atoms with Gasteiger partial charge in [0.15, 0.2) is 0 Å². The number of benzene rings is 2. The summed E-state index contributed by atoms with van der Waals surface area (Å²) < 4.78 is 39.4. The number of carbonyl (C=O) groups excluding carboxylic acids is 2. The van der Waals surface area contributed by atoms with Crippen LogP contribution in [0.4, 0.5) is 10.1 Å². The number of nitrogens with zero attached hydrogens (tertiary/aromatic N) is 2. The van der Waals surface area contributed by atoms with Gasteiger partial charge >= 0.3 is 0 Å². The topological polar surface area (TPSA) is 86.8 Å². The van der Waals surface area contributed by atoms with E-state index >= 15 is 0 Å². The van der Waals surface area contributed by atoms with Gasteiger partial charge in [-0.05, 0) is 62.1 Å². The molecule has 10 heteroatoms. The number of rotatable bonds is 13. The largest absolute Gasteiger partial charge is 0.352 e. The van der Waals surface area contributed by atoms with Gasteiger partial charge in [0.1, 0.15) is 11.9 Å². The SMILES string of the molecule is CC[C@@H](C)NC(=O)[C@@H](CC)N(Cc1ccc(F)cc1)C(=O)CCCN(c1cccc(Cl)c1)S(C)(=O)=O. The van der Waals surface area contributed by atoms with E-state index in [1.807, 2.05) is 20.8 Å². The zero-order valence-electron chi connectivity index (χ0n) is 21.2. The second kappa shape index (κ2) is 13.6. The Morgan fingerprint density at radius 3 is 2.31 bits per heavy atom. The monoisotopic (exact) mass is 539 g/mol. The molecule has 0 fully saturated rings. The molecule has 0 aliphatic rings. The predicted molar refractivity (Wildman–Crippen MR) is 142 cm³/mol. The van der Waals surface area contributed by atoms with E-state index in [4.69, 9.17) is 11.6 Å². The smallest absolute Gasteiger partial charge is 0.243 e. The highest BCUT2D eigenvalue weighted by Gasteiger charge is 2.29. The molecular weight excluding hydrogens is 505 g/mol. The van der Waals surface area contributed by atoms with Crippen LogP contribution in [0.15, 0.2) is 48.5 Å². The van der Waals surface area contributed by atoms with E-state index in [9.17, 15) is 22.4 Å². The van der Waals surface area contributed by atoms with Crippen LogP contribution in [0.2, 0.25) is 5.02 Å². The summed E-state index contributed by atoms with van der Waals surface area (Å²) >= 11 is 6.04. The van der Waals surface area contributed by atoms with Crippen molar-refractivity contribution in [2.75, 3.05) is 17.1 Å². The van der Waals surface area contributed by atoms with Crippen molar-refractivity contribution < 1.29 is 22.4 Å². The fraction of sp³-hybridized carbons (Fsp3) is 0.462. The highest BCUT2D eigenvalue weighted by Crippen LogP contribution is 2.23. The van der Waals surface area contributed by atoms with E-state index in [1.54, 1.807) is 36.4 Å². The second-order valence-electron chi connectivity index (χ2n) is 8.81. The molecule has 0 heterocycles. The van der Waals surface area contributed by atoms with Crippen molar-refractivity contribution in [3.63, 3.8) is 0 Å². The van der Waals surface area contributed by atoms with Crippen molar-refractivity contribution in [3.8, 4) is 0 Å². The van der Waals surface area contributed by atoms with Gasteiger partial charge in [-0.15, -0.1) is 0 Å². The number of amides is 2. The van der Waals surface area contributed by atoms with E-state index in [0.717, 1.165) is 12.7 Å². The summed E-state index contributed by atoms with van der Waals surface area (Å²) in [6.45, 7) is 5.89. The van der Waals surface area contributed by atoms with E-state index < -0.39 is 16.1 Å². The van der Waals surface area contributed by atoms with Crippen LogP contribution in [0.25, 0.3) is 0 Å². The van der Waals surface area contributed by atoms with Gasteiger partial charge in [0, 0.05) is 30.6 Å². The third-order valence-electron chi connectivity index (χ3n) is 5.90. The van der Waals surface area contributed by atoms with Crippen molar-refractivity contribution in [2.24, 2.45) is 0 Å². The Morgan fingerprint density at radius 2 is 1.75 bits per heavy atom. The highest BCUT2D eigenvalue weighted by molar-refractivity contribution is 7.92. The maximum absolute atomic E-state index is 13.4. The van der Waals surface area contributed by atoms with Crippen molar-refractivity contribution >= 4 is 39.1 Å². The zero-order valence-corrected chi connectivity index (χ0v) is 22.8. The lowest BCUT2D eigenvalue weighted by Gasteiger charge is -2.32. The number of hydrogen-bond donors (Lipinski definition) is 1. The molecule has 0 spiro atoms. The first-order chi connectivity index (χ1) is 17.0. The number of nitrogens with one attached hydrogen (secondary N) is 1. The molecule has 2 aromatic carbocycles. The molecule has 0 aromatic heterocycles. The van der Waals surface area contributed by atoms with Gasteiger partial charge in [0.05, 0.1) is 11.9 Å². The Morgan fingerprint density at radius 1 is 1.08 bits per heavy atom. The predicted octanol–water partition coefficient (Wildman–Crippen LogP) is 4.75. The maximum Gasteiger partial charge on any atom is 0.243 e. The first-order valence-electron chi connectivity index (χ1n) is 12.0. The highest BCUT2D eigenvalue weighted by atomic mass is 35.5. The van der Waals surface area contributed by atoms with Crippen LogP contribution in [-0.2, 0) is 26.2 Å². The number of sulfonamides is 1. The zero-order chi connectivity index (χ0) is 26.9. The summed E-state index contributed by atoms with van der Waals surface area (Å²) in [5, 5.41) is 3.34. The number of anilines is 1. The Labute approximate surface area is 218 Å². The van der Waals surface area contributed by atoms with Gasteiger partial charge in [-0.3, -0.25) is 13.9 Å². The lowest BCUT2D eigenvalue weighted by molar-refractivity contribution is -0.141. The maximum atomic E-state index is 13.4. The third kappa shape index (κ3) is 8.78. The minimum Gasteiger partial charge on any atom is -0.352 e. The van der Waals surface area contributed by atoms with Gasteiger partial charge in [-0.2, -0.15) is 0 Å². The minimum absolute atomic E-state index is 0.0287. The first-order valence-corrected chi connectivity index (χ1v) is 14.3. The van der Waals surface area contributed by atoms with Gasteiger partial charge in [0.2, 0.25) is 21.8 Å². The third-order valence-corrected chi connectivity index (χ3v) is 7.33. The molecule has 0 radical (unpaired) electrons. The van der Waals surface area contributed by atoms with Crippen molar-refractivity contribution in [3.05, 3.63) is 64.9 Å². The van der Waals surface area contributed by atoms with Crippen LogP contribution in [0.5, 0.6) is 0 Å². The van der Waals surface area contributed by atoms with E-state index in [2.05, 4.69) is 5.32 Å². The van der Waals surface area contributed by atoms with Crippen molar-refractivity contribution in [2.45, 2.75) is 65.1 Å². The summed E-state index contributed by atoms with van der Waals surface area (Å²) in [4.78, 5) is 27.9. The summed E-state index contributed by atoms with van der Waals surface area (Å²) in [7, 11) is -3.61. The molecule has 2 amide bonds. The second-order valence-corrected chi connectivity index (χ2v) is 11.2. The standard InChI is InChI=1S/C26H35ClFN3O4S/c1-5-19(3)29-26(33)24(6-2)30(18-20-12-14-22(28)15-13-20)25(32)11-8-16-31(36(4,34)35)23-10-7-9-21(27)17-23/h7,9-10,12-15,17,19,24H,5-6,8,11,16,18H2,1-4H3,(H,29,33)/t19-,24-/m1/s1. The summed E-state index contributed by atoms with van der Waals surface area (Å²) in [5.41, 5.74) is 1.11. The molecule has 198 valence electrons. The Kier molecular flexibility index (Phi) is 11.2. The average molecular weight is 540 g/mol. The van der Waals surface area contributed by atoms with Crippen LogP contribution in [-0.4, -0.2) is 50.0 Å². The van der Waals surface area contributed by atoms with Crippen molar-refractivity contribution in [1.29, 1.82) is 0 Å². The van der Waals surface area contributed by atoms with Crippen LogP contribution in [0.1, 0.15) is 52.0 Å². The minimum atomic E-state index is -3.61. The molecular formula is C26H35ClFN3O4S. The Balaban J connectivity index is 2.22. The Bertz CT molecular complexity index is 1130. The molecule has 1 N–H and O–H groups in total. The van der Waals surface area contributed by atoms with E-state index in [1.165, 1.54) is 21.3 Å². The fourth-order valence-electron chi connectivity index (χ4n) is 3.78. The molecule has 36 heavy (non-hydrogen) atoms. The molecule has 0 aliphatic carbocycles. The van der Waals surface area contributed by atoms with Crippen LogP contribution in [0.3, 0.4) is 0 Å². The molecule has 0 saturated carbocycles. The summed E-state index contributed by atoms with van der Waals surface area (Å²) in [6, 6.07) is 11.5. The summed E-state index contributed by atoms with van der Waals surface area (Å²) in [5.74, 6) is -0.927. The van der Waals surface area contributed by atoms with Gasteiger partial charge in [0.25, 0.3) is 0 Å². The normalized spacial score (nSPS) is 13.1. The summed E-state index contributed by atoms with van der Waals surface area (Å²) in [6.07, 6.45) is 2.51. The number of carbonyl (C=O) groups is 2. The van der Waals surface area contributed by atoms with Gasteiger partial charge in [-0.25, -0.2) is 12.8 Å². The van der Waals surface area contributed by atoms with E-state index in [-0.39, 0.29) is 49.6 Å². The van der Waals surface area contributed by atoms with Gasteiger partial charge in [-0.1, -0.05) is 43.6 Å². The molecule has 2 rings (SSSR count). The van der Waals surface area contributed by atoms with Gasteiger partial charge < -0.3 is 10.2 Å². The lowest BCUT2D eigenvalue weighted by atomic mass is 10.1. The quantitative estimate of drug-likeness (QED) is 0.398. The van der Waals surface area contributed by atoms with Crippen LogP contribution >= 0.6 is 11.6 Å². The molecule has 0 unspecified atom stereocenters. The molecule has 2 aromatic rings. The van der Waals surface area contributed by atoms with Crippen LogP contribution in [0, 0.1) is 5.82 Å². The van der Waals surface area contributed by atoms with E-state index in [0.29, 0.717) is 22.7 Å². The molecule has 0 bridgehead atoms. The molecule has 0 saturated heterocycles. The van der Waals surface area contributed by atoms with Crippen LogP contribution < -0.4 is 9.62 Å². The average Bonchev–Trinajstić information content (AvgIpc) is 2.81. The lowest BCUT2D eigenvalue weighted by Crippen LogP contribution is -2.50. The fourth-order valence-corrected chi connectivity index (χ4v) is 4.92.